The molecule has 0 fully saturated rings. The molecule has 0 aliphatic heterocycles. The minimum Gasteiger partial charge on any atom is -0.480 e. The van der Waals surface area contributed by atoms with E-state index in [1.165, 1.54) is 25.2 Å². The van der Waals surface area contributed by atoms with Crippen LogP contribution in [0.15, 0.2) is 10.9 Å². The summed E-state index contributed by atoms with van der Waals surface area (Å²) in [5.41, 5.74) is 1.04. The van der Waals surface area contributed by atoms with Gasteiger partial charge in [-0.25, -0.2) is 9.78 Å². The highest BCUT2D eigenvalue weighted by Gasteiger charge is 2.28. The SMILES string of the molecule is CC(C)(NC(=O)Cc1cscn1)C(=O)O. The van der Waals surface area contributed by atoms with Crippen LogP contribution in [0.3, 0.4) is 0 Å². The van der Waals surface area contributed by atoms with E-state index in [1.807, 2.05) is 0 Å². The molecule has 0 aliphatic rings. The molecule has 0 unspecified atom stereocenters. The summed E-state index contributed by atoms with van der Waals surface area (Å²) in [7, 11) is 0. The van der Waals surface area contributed by atoms with Crippen molar-refractivity contribution in [1.29, 1.82) is 0 Å². The molecule has 1 rings (SSSR count). The van der Waals surface area contributed by atoms with Crippen molar-refractivity contribution < 1.29 is 14.7 Å². The van der Waals surface area contributed by atoms with Crippen LogP contribution in [0.1, 0.15) is 19.5 Å². The van der Waals surface area contributed by atoms with Gasteiger partial charge in [0.25, 0.3) is 0 Å². The fraction of sp³-hybridized carbons (Fsp3) is 0.444. The standard InChI is InChI=1S/C9H12N2O3S/c1-9(2,8(13)14)11-7(12)3-6-4-15-5-10-6/h4-5H,3H2,1-2H3,(H,11,12)(H,13,14). The van der Waals surface area contributed by atoms with Gasteiger partial charge in [0.1, 0.15) is 5.54 Å². The molecule has 0 saturated heterocycles. The number of aromatic nitrogens is 1. The first-order chi connectivity index (χ1) is 6.92. The number of nitrogens with one attached hydrogen (secondary N) is 1. The zero-order valence-electron chi connectivity index (χ0n) is 8.48. The molecule has 0 bridgehead atoms. The molecule has 15 heavy (non-hydrogen) atoms. The topological polar surface area (TPSA) is 79.3 Å². The first-order valence-corrected chi connectivity index (χ1v) is 5.27. The lowest BCUT2D eigenvalue weighted by Gasteiger charge is -2.20. The van der Waals surface area contributed by atoms with Gasteiger partial charge in [-0.1, -0.05) is 0 Å². The number of thiazole rings is 1. The van der Waals surface area contributed by atoms with Gasteiger partial charge in [0.05, 0.1) is 17.6 Å². The summed E-state index contributed by atoms with van der Waals surface area (Å²) in [4.78, 5) is 26.1. The smallest absolute Gasteiger partial charge is 0.328 e. The highest BCUT2D eigenvalue weighted by atomic mass is 32.1. The Balaban J connectivity index is 2.53. The van der Waals surface area contributed by atoms with Gasteiger partial charge in [-0.2, -0.15) is 0 Å². The molecule has 0 saturated carbocycles. The number of carbonyl (C=O) groups excluding carboxylic acids is 1. The first-order valence-electron chi connectivity index (χ1n) is 4.33. The number of hydrogen-bond acceptors (Lipinski definition) is 4. The van der Waals surface area contributed by atoms with Gasteiger partial charge in [-0.05, 0) is 13.8 Å². The molecule has 0 radical (unpaired) electrons. The summed E-state index contributed by atoms with van der Waals surface area (Å²) in [5.74, 6) is -1.40. The molecular formula is C9H12N2O3S. The van der Waals surface area contributed by atoms with Crippen molar-refractivity contribution in [1.82, 2.24) is 10.3 Å². The van der Waals surface area contributed by atoms with Crippen LogP contribution < -0.4 is 5.32 Å². The third kappa shape index (κ3) is 3.32. The summed E-state index contributed by atoms with van der Waals surface area (Å²) in [6, 6.07) is 0. The fourth-order valence-corrected chi connectivity index (χ4v) is 1.49. The maximum atomic E-state index is 11.4. The summed E-state index contributed by atoms with van der Waals surface area (Å²) in [6.07, 6.45) is 0.111. The molecule has 0 aromatic carbocycles. The van der Waals surface area contributed by atoms with Crippen molar-refractivity contribution in [2.75, 3.05) is 0 Å². The van der Waals surface area contributed by atoms with Crippen LogP contribution in [0.25, 0.3) is 0 Å². The van der Waals surface area contributed by atoms with Gasteiger partial charge < -0.3 is 10.4 Å². The zero-order chi connectivity index (χ0) is 11.5. The average Bonchev–Trinajstić information content (AvgIpc) is 2.54. The minimum absolute atomic E-state index is 0.111. The molecule has 82 valence electrons. The lowest BCUT2D eigenvalue weighted by Crippen LogP contribution is -2.50. The Morgan fingerprint density at radius 1 is 1.60 bits per heavy atom. The van der Waals surface area contributed by atoms with Crippen LogP contribution in [0.2, 0.25) is 0 Å². The van der Waals surface area contributed by atoms with Crippen LogP contribution in [0.4, 0.5) is 0 Å². The predicted octanol–water partition coefficient (Wildman–Crippen LogP) is 0.665. The Labute approximate surface area is 91.1 Å². The molecule has 5 nitrogen and oxygen atoms in total. The van der Waals surface area contributed by atoms with Gasteiger partial charge in [0, 0.05) is 5.38 Å². The Kier molecular flexibility index (Phi) is 3.41. The Morgan fingerprint density at radius 3 is 2.73 bits per heavy atom. The van der Waals surface area contributed by atoms with Crippen molar-refractivity contribution in [3.8, 4) is 0 Å². The molecule has 1 aromatic heterocycles. The Bertz CT molecular complexity index is 359. The van der Waals surface area contributed by atoms with Crippen molar-refractivity contribution in [3.05, 3.63) is 16.6 Å². The molecule has 6 heteroatoms. The maximum absolute atomic E-state index is 11.4. The molecular weight excluding hydrogens is 216 g/mol. The van der Waals surface area contributed by atoms with Gasteiger partial charge in [-0.3, -0.25) is 4.79 Å². The largest absolute Gasteiger partial charge is 0.480 e. The van der Waals surface area contributed by atoms with Crippen molar-refractivity contribution >= 4 is 23.2 Å². The molecule has 0 atom stereocenters. The van der Waals surface area contributed by atoms with Gasteiger partial charge in [0.15, 0.2) is 0 Å². The average molecular weight is 228 g/mol. The predicted molar refractivity (Wildman–Crippen MR) is 55.7 cm³/mol. The molecule has 1 amide bonds. The highest BCUT2D eigenvalue weighted by molar-refractivity contribution is 7.07. The molecule has 1 aromatic rings. The van der Waals surface area contributed by atoms with Crippen LogP contribution >= 0.6 is 11.3 Å². The lowest BCUT2D eigenvalue weighted by molar-refractivity contribution is -0.145. The van der Waals surface area contributed by atoms with E-state index in [2.05, 4.69) is 10.3 Å². The fourth-order valence-electron chi connectivity index (χ4n) is 0.936. The normalized spacial score (nSPS) is 11.1. The summed E-state index contributed by atoms with van der Waals surface area (Å²) < 4.78 is 0. The third-order valence-corrected chi connectivity index (χ3v) is 2.45. The number of carboxylic acids is 1. The molecule has 0 spiro atoms. The van der Waals surface area contributed by atoms with E-state index in [0.717, 1.165) is 0 Å². The van der Waals surface area contributed by atoms with E-state index in [1.54, 1.807) is 10.9 Å². The van der Waals surface area contributed by atoms with Crippen LogP contribution in [-0.2, 0) is 16.0 Å². The van der Waals surface area contributed by atoms with E-state index in [9.17, 15) is 9.59 Å². The highest BCUT2D eigenvalue weighted by Crippen LogP contribution is 2.05. The van der Waals surface area contributed by atoms with Gasteiger partial charge in [-0.15, -0.1) is 11.3 Å². The second-order valence-electron chi connectivity index (χ2n) is 3.63. The van der Waals surface area contributed by atoms with Crippen LogP contribution in [0.5, 0.6) is 0 Å². The van der Waals surface area contributed by atoms with E-state index in [-0.39, 0.29) is 12.3 Å². The Hall–Kier alpha value is -1.43. The number of carbonyl (C=O) groups is 2. The van der Waals surface area contributed by atoms with Crippen LogP contribution in [0, 0.1) is 0 Å². The van der Waals surface area contributed by atoms with E-state index in [0.29, 0.717) is 5.69 Å². The quantitative estimate of drug-likeness (QED) is 0.793. The van der Waals surface area contributed by atoms with Crippen LogP contribution in [-0.4, -0.2) is 27.5 Å². The number of rotatable bonds is 4. The number of nitrogens with zero attached hydrogens (tertiary/aromatic N) is 1. The van der Waals surface area contributed by atoms with E-state index >= 15 is 0 Å². The number of carboxylic acid groups (broad SMARTS) is 1. The lowest BCUT2D eigenvalue weighted by atomic mass is 10.1. The van der Waals surface area contributed by atoms with E-state index in [4.69, 9.17) is 5.11 Å². The number of aliphatic carboxylic acids is 1. The third-order valence-electron chi connectivity index (χ3n) is 1.81. The Morgan fingerprint density at radius 2 is 2.27 bits per heavy atom. The molecule has 1 heterocycles. The zero-order valence-corrected chi connectivity index (χ0v) is 9.30. The number of hydrogen-bond donors (Lipinski definition) is 2. The summed E-state index contributed by atoms with van der Waals surface area (Å²) in [5, 5.41) is 13.0. The van der Waals surface area contributed by atoms with Gasteiger partial charge in [0.2, 0.25) is 5.91 Å². The minimum atomic E-state index is -1.24. The first kappa shape index (κ1) is 11.6. The maximum Gasteiger partial charge on any atom is 0.328 e. The van der Waals surface area contributed by atoms with Gasteiger partial charge >= 0.3 is 5.97 Å². The summed E-state index contributed by atoms with van der Waals surface area (Å²) >= 11 is 1.40. The second-order valence-corrected chi connectivity index (χ2v) is 4.35. The van der Waals surface area contributed by atoms with Crippen molar-refractivity contribution in [3.63, 3.8) is 0 Å². The second kappa shape index (κ2) is 4.39. The van der Waals surface area contributed by atoms with Crippen molar-refractivity contribution in [2.24, 2.45) is 0 Å². The number of amides is 1. The monoisotopic (exact) mass is 228 g/mol. The molecule has 2 N–H and O–H groups in total. The summed E-state index contributed by atoms with van der Waals surface area (Å²) in [6.45, 7) is 2.88. The molecule has 0 aliphatic carbocycles. The van der Waals surface area contributed by atoms with Crippen molar-refractivity contribution in [2.45, 2.75) is 25.8 Å². The van der Waals surface area contributed by atoms with E-state index < -0.39 is 11.5 Å².